The quantitative estimate of drug-likeness (QED) is 0.695. The van der Waals surface area contributed by atoms with E-state index in [-0.39, 0.29) is 24.5 Å². The Morgan fingerprint density at radius 1 is 1.25 bits per heavy atom. The molecule has 0 bridgehead atoms. The Morgan fingerprint density at radius 3 is 2.79 bits per heavy atom. The third-order valence-electron chi connectivity index (χ3n) is 5.87. The van der Waals surface area contributed by atoms with Crippen LogP contribution in [-0.4, -0.2) is 54.7 Å². The van der Waals surface area contributed by atoms with Crippen molar-refractivity contribution in [3.63, 3.8) is 0 Å². The summed E-state index contributed by atoms with van der Waals surface area (Å²) in [6.45, 7) is 0.862. The number of benzene rings is 1. The van der Waals surface area contributed by atoms with E-state index in [1.807, 2.05) is 23.1 Å². The van der Waals surface area contributed by atoms with Gasteiger partial charge in [0.05, 0.1) is 18.9 Å². The lowest BCUT2D eigenvalue weighted by Crippen LogP contribution is -2.43. The molecule has 0 spiro atoms. The van der Waals surface area contributed by atoms with Crippen molar-refractivity contribution >= 4 is 17.5 Å². The van der Waals surface area contributed by atoms with E-state index in [4.69, 9.17) is 4.74 Å². The SMILES string of the molecule is CN1C(=O)CCc2cccc(OCCCC(=O)N(CCO)C3CCCCC3)c21. The molecule has 1 aromatic carbocycles. The zero-order chi connectivity index (χ0) is 19.9. The summed E-state index contributed by atoms with van der Waals surface area (Å²) in [5.74, 6) is 0.915. The van der Waals surface area contributed by atoms with Crippen molar-refractivity contribution in [1.82, 2.24) is 4.90 Å². The molecule has 0 unspecified atom stereocenters. The fourth-order valence-corrected chi connectivity index (χ4v) is 4.36. The summed E-state index contributed by atoms with van der Waals surface area (Å²) in [4.78, 5) is 28.2. The Bertz CT molecular complexity index is 685. The molecule has 0 saturated heterocycles. The minimum absolute atomic E-state index is 0.00918. The van der Waals surface area contributed by atoms with Crippen molar-refractivity contribution in [3.8, 4) is 5.75 Å². The van der Waals surface area contributed by atoms with Gasteiger partial charge in [-0.25, -0.2) is 0 Å². The van der Waals surface area contributed by atoms with Crippen molar-refractivity contribution in [3.05, 3.63) is 23.8 Å². The van der Waals surface area contributed by atoms with Crippen LogP contribution in [0.3, 0.4) is 0 Å². The maximum atomic E-state index is 12.7. The third-order valence-corrected chi connectivity index (χ3v) is 5.87. The van der Waals surface area contributed by atoms with Crippen LogP contribution in [0.15, 0.2) is 18.2 Å². The summed E-state index contributed by atoms with van der Waals surface area (Å²) in [6, 6.07) is 6.14. The second-order valence-electron chi connectivity index (χ2n) is 7.77. The van der Waals surface area contributed by atoms with Crippen LogP contribution in [0.4, 0.5) is 5.69 Å². The van der Waals surface area contributed by atoms with Gasteiger partial charge in [0.15, 0.2) is 0 Å². The highest BCUT2D eigenvalue weighted by Crippen LogP contribution is 2.36. The summed E-state index contributed by atoms with van der Waals surface area (Å²) in [7, 11) is 1.79. The standard InChI is InChI=1S/C22H32N2O4/c1-23-20(26)13-12-17-7-5-10-19(22(17)23)28-16-6-11-21(27)24(14-15-25)18-8-3-2-4-9-18/h5,7,10,18,25H,2-4,6,8-9,11-16H2,1H3. The molecule has 2 amide bonds. The topological polar surface area (TPSA) is 70.1 Å². The first-order valence-corrected chi connectivity index (χ1v) is 10.5. The number of anilines is 1. The Morgan fingerprint density at radius 2 is 2.04 bits per heavy atom. The second-order valence-corrected chi connectivity index (χ2v) is 7.77. The Balaban J connectivity index is 1.53. The van der Waals surface area contributed by atoms with E-state index in [0.29, 0.717) is 38.2 Å². The van der Waals surface area contributed by atoms with Crippen LogP contribution >= 0.6 is 0 Å². The number of nitrogens with zero attached hydrogens (tertiary/aromatic N) is 2. The van der Waals surface area contributed by atoms with Crippen molar-refractivity contribution in [2.24, 2.45) is 0 Å². The molecule has 0 aromatic heterocycles. The Hall–Kier alpha value is -2.08. The first-order valence-electron chi connectivity index (χ1n) is 10.5. The molecule has 28 heavy (non-hydrogen) atoms. The number of carbonyl (C=O) groups excluding carboxylic acids is 2. The molecule has 1 N–H and O–H groups in total. The van der Waals surface area contributed by atoms with Crippen LogP contribution in [0.5, 0.6) is 5.75 Å². The van der Waals surface area contributed by atoms with Crippen molar-refractivity contribution in [1.29, 1.82) is 0 Å². The molecule has 1 aliphatic heterocycles. The highest BCUT2D eigenvalue weighted by atomic mass is 16.5. The van der Waals surface area contributed by atoms with E-state index in [1.165, 1.54) is 6.42 Å². The van der Waals surface area contributed by atoms with E-state index in [9.17, 15) is 14.7 Å². The monoisotopic (exact) mass is 388 g/mol. The molecule has 1 aromatic rings. The number of amides is 2. The lowest BCUT2D eigenvalue weighted by molar-refractivity contribution is -0.135. The minimum atomic E-state index is 0.00918. The summed E-state index contributed by atoms with van der Waals surface area (Å²) < 4.78 is 5.94. The Kier molecular flexibility index (Phi) is 7.31. The molecule has 1 saturated carbocycles. The maximum absolute atomic E-state index is 12.7. The smallest absolute Gasteiger partial charge is 0.227 e. The second kappa shape index (κ2) is 9.92. The number of fused-ring (bicyclic) bond motifs is 1. The van der Waals surface area contributed by atoms with Crippen molar-refractivity contribution in [2.75, 3.05) is 31.7 Å². The van der Waals surface area contributed by atoms with Gasteiger partial charge >= 0.3 is 0 Å². The van der Waals surface area contributed by atoms with Gasteiger partial charge < -0.3 is 19.6 Å². The summed E-state index contributed by atoms with van der Waals surface area (Å²) in [5, 5.41) is 9.34. The van der Waals surface area contributed by atoms with Crippen LogP contribution in [-0.2, 0) is 16.0 Å². The molecular formula is C22H32N2O4. The number of aliphatic hydroxyl groups is 1. The lowest BCUT2D eigenvalue weighted by atomic mass is 9.94. The van der Waals surface area contributed by atoms with Crippen LogP contribution in [0.25, 0.3) is 0 Å². The predicted octanol–water partition coefficient (Wildman–Crippen LogP) is 2.91. The number of ether oxygens (including phenoxy) is 1. The van der Waals surface area contributed by atoms with Crippen LogP contribution in [0, 0.1) is 0 Å². The largest absolute Gasteiger partial charge is 0.491 e. The zero-order valence-corrected chi connectivity index (χ0v) is 16.9. The van der Waals surface area contributed by atoms with Gasteiger partial charge in [0.25, 0.3) is 0 Å². The predicted molar refractivity (Wildman–Crippen MR) is 109 cm³/mol. The van der Waals surface area contributed by atoms with Gasteiger partial charge in [0.2, 0.25) is 11.8 Å². The highest BCUT2D eigenvalue weighted by Gasteiger charge is 2.26. The summed E-state index contributed by atoms with van der Waals surface area (Å²) in [5.41, 5.74) is 1.98. The van der Waals surface area contributed by atoms with E-state index in [0.717, 1.165) is 43.4 Å². The number of hydrogen-bond donors (Lipinski definition) is 1. The van der Waals surface area contributed by atoms with Gasteiger partial charge in [-0.05, 0) is 37.3 Å². The van der Waals surface area contributed by atoms with Gasteiger partial charge in [-0.1, -0.05) is 31.4 Å². The molecule has 6 nitrogen and oxygen atoms in total. The van der Waals surface area contributed by atoms with Gasteiger partial charge in [-0.3, -0.25) is 9.59 Å². The number of aliphatic hydroxyl groups excluding tert-OH is 1. The number of hydrogen-bond acceptors (Lipinski definition) is 4. The fourth-order valence-electron chi connectivity index (χ4n) is 4.36. The van der Waals surface area contributed by atoms with E-state index in [2.05, 4.69) is 0 Å². The molecule has 154 valence electrons. The zero-order valence-electron chi connectivity index (χ0n) is 16.9. The molecule has 1 aliphatic carbocycles. The first kappa shape index (κ1) is 20.6. The van der Waals surface area contributed by atoms with Crippen LogP contribution in [0.1, 0.15) is 56.9 Å². The number of aryl methyl sites for hydroxylation is 1. The van der Waals surface area contributed by atoms with E-state index in [1.54, 1.807) is 11.9 Å². The van der Waals surface area contributed by atoms with Crippen molar-refractivity contribution in [2.45, 2.75) is 63.8 Å². The molecule has 6 heteroatoms. The average molecular weight is 389 g/mol. The maximum Gasteiger partial charge on any atom is 0.227 e. The normalized spacial score (nSPS) is 17.4. The van der Waals surface area contributed by atoms with Gasteiger partial charge in [-0.2, -0.15) is 0 Å². The molecular weight excluding hydrogens is 356 g/mol. The molecule has 0 radical (unpaired) electrons. The average Bonchev–Trinajstić information content (AvgIpc) is 2.72. The van der Waals surface area contributed by atoms with Crippen molar-refractivity contribution < 1.29 is 19.4 Å². The fraction of sp³-hybridized carbons (Fsp3) is 0.636. The van der Waals surface area contributed by atoms with E-state index < -0.39 is 0 Å². The number of para-hydroxylation sites is 1. The Labute approximate surface area is 167 Å². The lowest BCUT2D eigenvalue weighted by Gasteiger charge is -2.34. The summed E-state index contributed by atoms with van der Waals surface area (Å²) >= 11 is 0. The highest BCUT2D eigenvalue weighted by molar-refractivity contribution is 5.97. The first-order chi connectivity index (χ1) is 13.6. The van der Waals surface area contributed by atoms with Crippen LogP contribution < -0.4 is 9.64 Å². The number of rotatable bonds is 8. The molecule has 3 rings (SSSR count). The third kappa shape index (κ3) is 4.85. The molecule has 1 heterocycles. The van der Waals surface area contributed by atoms with Crippen LogP contribution in [0.2, 0.25) is 0 Å². The van der Waals surface area contributed by atoms with Gasteiger partial charge in [0, 0.05) is 32.5 Å². The van der Waals surface area contributed by atoms with Gasteiger partial charge in [0.1, 0.15) is 5.75 Å². The molecule has 1 fully saturated rings. The molecule has 0 atom stereocenters. The molecule has 2 aliphatic rings. The van der Waals surface area contributed by atoms with Gasteiger partial charge in [-0.15, -0.1) is 0 Å². The summed E-state index contributed by atoms with van der Waals surface area (Å²) in [6.07, 6.45) is 7.95. The number of carbonyl (C=O) groups is 2. The minimum Gasteiger partial charge on any atom is -0.491 e. The van der Waals surface area contributed by atoms with E-state index >= 15 is 0 Å².